The number of carbonyl (C=O) groups excluding carboxylic acids is 1. The molecule has 0 bridgehead atoms. The highest BCUT2D eigenvalue weighted by molar-refractivity contribution is 5.78. The van der Waals surface area contributed by atoms with Crippen molar-refractivity contribution in [2.24, 2.45) is 0 Å². The fourth-order valence-electron chi connectivity index (χ4n) is 2.31. The van der Waals surface area contributed by atoms with Gasteiger partial charge in [0.2, 0.25) is 5.91 Å². The predicted octanol–water partition coefficient (Wildman–Crippen LogP) is 2.19. The number of nitrogens with one attached hydrogen (secondary N) is 1. The second-order valence-electron chi connectivity index (χ2n) is 5.30. The van der Waals surface area contributed by atoms with E-state index in [1.807, 2.05) is 18.2 Å². The number of ether oxygens (including phenoxy) is 1. The van der Waals surface area contributed by atoms with Crippen molar-refractivity contribution in [3.63, 3.8) is 0 Å². The minimum Gasteiger partial charge on any atom is -0.496 e. The smallest absolute Gasteiger partial charge is 0.234 e. The van der Waals surface area contributed by atoms with Crippen molar-refractivity contribution in [2.75, 3.05) is 20.2 Å². The number of para-hydroxylation sites is 1. The summed E-state index contributed by atoms with van der Waals surface area (Å²) in [6.07, 6.45) is 3.36. The van der Waals surface area contributed by atoms with Crippen LogP contribution < -0.4 is 10.1 Å². The maximum Gasteiger partial charge on any atom is 0.234 e. The molecule has 1 fully saturated rings. The number of hydrogen-bond acceptors (Lipinski definition) is 3. The topological polar surface area (TPSA) is 41.6 Å². The van der Waals surface area contributed by atoms with Crippen LogP contribution in [0, 0.1) is 0 Å². The van der Waals surface area contributed by atoms with Crippen LogP contribution in [0.2, 0.25) is 0 Å². The van der Waals surface area contributed by atoms with E-state index in [-0.39, 0.29) is 5.91 Å². The summed E-state index contributed by atoms with van der Waals surface area (Å²) in [6, 6.07) is 8.57. The Morgan fingerprint density at radius 3 is 2.80 bits per heavy atom. The van der Waals surface area contributed by atoms with Crippen LogP contribution in [0.4, 0.5) is 0 Å². The maximum atomic E-state index is 11.9. The van der Waals surface area contributed by atoms with E-state index >= 15 is 0 Å². The van der Waals surface area contributed by atoms with Gasteiger partial charge in [-0.05, 0) is 25.3 Å². The van der Waals surface area contributed by atoms with Crippen LogP contribution in [0.1, 0.15) is 31.7 Å². The van der Waals surface area contributed by atoms with E-state index in [0.717, 1.165) is 30.8 Å². The second kappa shape index (κ2) is 7.29. The van der Waals surface area contributed by atoms with Crippen LogP contribution >= 0.6 is 0 Å². The number of nitrogens with zero attached hydrogens (tertiary/aromatic N) is 1. The lowest BCUT2D eigenvalue weighted by atomic mass is 10.2. The second-order valence-corrected chi connectivity index (χ2v) is 5.30. The van der Waals surface area contributed by atoms with Gasteiger partial charge in [0.05, 0.1) is 13.7 Å². The van der Waals surface area contributed by atoms with Gasteiger partial charge in [-0.3, -0.25) is 9.69 Å². The molecule has 20 heavy (non-hydrogen) atoms. The highest BCUT2D eigenvalue weighted by Crippen LogP contribution is 2.29. The molecule has 0 heterocycles. The molecular formula is C16H24N2O2. The van der Waals surface area contributed by atoms with Gasteiger partial charge in [0.15, 0.2) is 0 Å². The molecule has 0 aliphatic heterocycles. The first-order valence-electron chi connectivity index (χ1n) is 7.37. The van der Waals surface area contributed by atoms with Gasteiger partial charge < -0.3 is 10.1 Å². The molecule has 1 aliphatic carbocycles. The third kappa shape index (κ3) is 4.23. The number of methoxy groups -OCH3 is 1. The third-order valence-corrected chi connectivity index (χ3v) is 3.55. The van der Waals surface area contributed by atoms with Crippen LogP contribution in [0.3, 0.4) is 0 Å². The van der Waals surface area contributed by atoms with E-state index in [2.05, 4.69) is 23.2 Å². The Labute approximate surface area is 121 Å². The Morgan fingerprint density at radius 2 is 2.15 bits per heavy atom. The molecule has 0 unspecified atom stereocenters. The number of benzene rings is 1. The Hall–Kier alpha value is -1.55. The molecular weight excluding hydrogens is 252 g/mol. The lowest BCUT2D eigenvalue weighted by molar-refractivity contribution is -0.122. The van der Waals surface area contributed by atoms with E-state index < -0.39 is 0 Å². The summed E-state index contributed by atoms with van der Waals surface area (Å²) < 4.78 is 5.39. The summed E-state index contributed by atoms with van der Waals surface area (Å²) in [5, 5.41) is 2.95. The van der Waals surface area contributed by atoms with E-state index in [4.69, 9.17) is 4.74 Å². The molecule has 1 amide bonds. The highest BCUT2D eigenvalue weighted by atomic mass is 16.5. The van der Waals surface area contributed by atoms with Gasteiger partial charge in [-0.25, -0.2) is 0 Å². The van der Waals surface area contributed by atoms with E-state index in [0.29, 0.717) is 12.6 Å². The van der Waals surface area contributed by atoms with Crippen molar-refractivity contribution >= 4 is 5.91 Å². The Morgan fingerprint density at radius 1 is 1.40 bits per heavy atom. The van der Waals surface area contributed by atoms with Crippen molar-refractivity contribution in [3.8, 4) is 5.75 Å². The first-order chi connectivity index (χ1) is 9.74. The van der Waals surface area contributed by atoms with Crippen molar-refractivity contribution in [1.29, 1.82) is 0 Å². The third-order valence-electron chi connectivity index (χ3n) is 3.55. The number of carbonyl (C=O) groups is 1. The summed E-state index contributed by atoms with van der Waals surface area (Å²) in [4.78, 5) is 14.2. The van der Waals surface area contributed by atoms with Crippen molar-refractivity contribution in [3.05, 3.63) is 29.8 Å². The van der Waals surface area contributed by atoms with Crippen LogP contribution in [0.15, 0.2) is 24.3 Å². The SMILES string of the molecule is CCCNC(=O)CN(Cc1ccccc1OC)C1CC1. The Kier molecular flexibility index (Phi) is 5.41. The summed E-state index contributed by atoms with van der Waals surface area (Å²) in [5.41, 5.74) is 1.14. The van der Waals surface area contributed by atoms with Crippen LogP contribution in [0.5, 0.6) is 5.75 Å². The molecule has 1 aliphatic rings. The van der Waals surface area contributed by atoms with Gasteiger partial charge in [0, 0.05) is 24.7 Å². The normalized spacial score (nSPS) is 14.3. The molecule has 2 rings (SSSR count). The average molecular weight is 276 g/mol. The van der Waals surface area contributed by atoms with Gasteiger partial charge in [-0.1, -0.05) is 25.1 Å². The van der Waals surface area contributed by atoms with Gasteiger partial charge in [0.1, 0.15) is 5.75 Å². The standard InChI is InChI=1S/C16H24N2O2/c1-3-10-17-16(19)12-18(14-8-9-14)11-13-6-4-5-7-15(13)20-2/h4-7,14H,3,8-12H2,1-2H3,(H,17,19). The number of rotatable bonds is 8. The van der Waals surface area contributed by atoms with Crippen molar-refractivity contribution in [2.45, 2.75) is 38.8 Å². The summed E-state index contributed by atoms with van der Waals surface area (Å²) in [7, 11) is 1.69. The summed E-state index contributed by atoms with van der Waals surface area (Å²) in [6.45, 7) is 4.07. The van der Waals surface area contributed by atoms with Gasteiger partial charge in [-0.2, -0.15) is 0 Å². The lowest BCUT2D eigenvalue weighted by Crippen LogP contribution is -2.38. The van der Waals surface area contributed by atoms with Crippen LogP contribution in [0.25, 0.3) is 0 Å². The molecule has 4 heteroatoms. The van der Waals surface area contributed by atoms with E-state index in [9.17, 15) is 4.79 Å². The number of amides is 1. The van der Waals surface area contributed by atoms with Crippen LogP contribution in [-0.4, -0.2) is 37.0 Å². The Bertz CT molecular complexity index is 444. The maximum absolute atomic E-state index is 11.9. The Balaban J connectivity index is 1.97. The molecule has 0 saturated heterocycles. The molecule has 0 radical (unpaired) electrons. The van der Waals surface area contributed by atoms with Crippen LogP contribution in [-0.2, 0) is 11.3 Å². The zero-order valence-corrected chi connectivity index (χ0v) is 12.4. The average Bonchev–Trinajstić information content (AvgIpc) is 3.29. The van der Waals surface area contributed by atoms with Gasteiger partial charge >= 0.3 is 0 Å². The molecule has 4 nitrogen and oxygen atoms in total. The molecule has 110 valence electrons. The van der Waals surface area contributed by atoms with E-state index in [1.165, 1.54) is 12.8 Å². The molecule has 1 aromatic carbocycles. The highest BCUT2D eigenvalue weighted by Gasteiger charge is 2.30. The number of hydrogen-bond donors (Lipinski definition) is 1. The summed E-state index contributed by atoms with van der Waals surface area (Å²) >= 11 is 0. The zero-order valence-electron chi connectivity index (χ0n) is 12.4. The molecule has 0 spiro atoms. The minimum absolute atomic E-state index is 0.119. The molecule has 0 aromatic heterocycles. The quantitative estimate of drug-likeness (QED) is 0.791. The molecule has 1 saturated carbocycles. The molecule has 0 atom stereocenters. The fourth-order valence-corrected chi connectivity index (χ4v) is 2.31. The predicted molar refractivity (Wildman–Crippen MR) is 79.7 cm³/mol. The first-order valence-corrected chi connectivity index (χ1v) is 7.37. The minimum atomic E-state index is 0.119. The van der Waals surface area contributed by atoms with Gasteiger partial charge in [0.25, 0.3) is 0 Å². The van der Waals surface area contributed by atoms with Crippen molar-refractivity contribution in [1.82, 2.24) is 10.2 Å². The van der Waals surface area contributed by atoms with E-state index in [1.54, 1.807) is 7.11 Å². The van der Waals surface area contributed by atoms with Gasteiger partial charge in [-0.15, -0.1) is 0 Å². The fraction of sp³-hybridized carbons (Fsp3) is 0.562. The zero-order chi connectivity index (χ0) is 14.4. The molecule has 1 N–H and O–H groups in total. The molecule has 1 aromatic rings. The van der Waals surface area contributed by atoms with Crippen molar-refractivity contribution < 1.29 is 9.53 Å². The largest absolute Gasteiger partial charge is 0.496 e. The summed E-state index contributed by atoms with van der Waals surface area (Å²) in [5.74, 6) is 1.01. The first kappa shape index (κ1) is 14.9. The lowest BCUT2D eigenvalue weighted by Gasteiger charge is -2.22. The monoisotopic (exact) mass is 276 g/mol.